The highest BCUT2D eigenvalue weighted by Gasteiger charge is 2.15. The van der Waals surface area contributed by atoms with Crippen molar-refractivity contribution in [3.63, 3.8) is 0 Å². The molecule has 0 aliphatic rings. The lowest BCUT2D eigenvalue weighted by Gasteiger charge is -2.09. The van der Waals surface area contributed by atoms with E-state index in [0.29, 0.717) is 5.13 Å². The summed E-state index contributed by atoms with van der Waals surface area (Å²) < 4.78 is 0. The van der Waals surface area contributed by atoms with E-state index in [4.69, 9.17) is 5.73 Å². The largest absolute Gasteiger partial charge is 0.320 e. The Hall–Kier alpha value is -0.940. The Morgan fingerprint density at radius 3 is 2.76 bits per heavy atom. The third-order valence-electron chi connectivity index (χ3n) is 2.66. The maximum Gasteiger partial charge on any atom is 0.243 e. The van der Waals surface area contributed by atoms with Gasteiger partial charge in [-0.25, -0.2) is 4.98 Å². The first-order chi connectivity index (χ1) is 8.08. The molecule has 0 spiro atoms. The molecule has 96 valence electrons. The van der Waals surface area contributed by atoms with Crippen LogP contribution in [0.2, 0.25) is 0 Å². The van der Waals surface area contributed by atoms with E-state index < -0.39 is 6.04 Å². The van der Waals surface area contributed by atoms with Crippen LogP contribution in [-0.4, -0.2) is 16.9 Å². The van der Waals surface area contributed by atoms with Gasteiger partial charge in [0.05, 0.1) is 11.7 Å². The lowest BCUT2D eigenvalue weighted by atomic mass is 10.1. The Bertz CT molecular complexity index is 376. The molecule has 1 heterocycles. The van der Waals surface area contributed by atoms with Crippen LogP contribution < -0.4 is 11.1 Å². The molecule has 0 aromatic carbocycles. The van der Waals surface area contributed by atoms with E-state index in [1.165, 1.54) is 11.3 Å². The first kappa shape index (κ1) is 14.1. The van der Waals surface area contributed by atoms with Gasteiger partial charge in [-0.3, -0.25) is 4.79 Å². The normalized spacial score (nSPS) is 12.5. The zero-order valence-corrected chi connectivity index (χ0v) is 11.6. The van der Waals surface area contributed by atoms with Crippen molar-refractivity contribution in [3.8, 4) is 0 Å². The summed E-state index contributed by atoms with van der Waals surface area (Å²) in [6, 6.07) is -0.427. The summed E-state index contributed by atoms with van der Waals surface area (Å²) in [6.07, 6.45) is 3.65. The summed E-state index contributed by atoms with van der Waals surface area (Å²) in [5.74, 6) is -0.130. The van der Waals surface area contributed by atoms with Crippen molar-refractivity contribution < 1.29 is 4.79 Å². The maximum absolute atomic E-state index is 11.8. The number of hydrogen-bond acceptors (Lipinski definition) is 4. The summed E-state index contributed by atoms with van der Waals surface area (Å²) >= 11 is 1.51. The van der Waals surface area contributed by atoms with Crippen molar-refractivity contribution >= 4 is 22.4 Å². The van der Waals surface area contributed by atoms with Gasteiger partial charge >= 0.3 is 0 Å². The minimum absolute atomic E-state index is 0.130. The Balaban J connectivity index is 2.55. The fraction of sp³-hybridized carbons (Fsp3) is 0.667. The summed E-state index contributed by atoms with van der Waals surface area (Å²) in [5.41, 5.74) is 6.84. The number of amides is 1. The maximum atomic E-state index is 11.8. The Morgan fingerprint density at radius 2 is 2.24 bits per heavy atom. The molecule has 5 heteroatoms. The van der Waals surface area contributed by atoms with Crippen LogP contribution in [0.15, 0.2) is 0 Å². The average Bonchev–Trinajstić information content (AvgIpc) is 2.66. The quantitative estimate of drug-likeness (QED) is 0.820. The van der Waals surface area contributed by atoms with E-state index in [-0.39, 0.29) is 5.91 Å². The molecule has 0 fully saturated rings. The number of hydrogen-bond donors (Lipinski definition) is 2. The van der Waals surface area contributed by atoms with Gasteiger partial charge in [0, 0.05) is 4.88 Å². The number of thiazole rings is 1. The molecule has 1 aromatic heterocycles. The highest BCUT2D eigenvalue weighted by Crippen LogP contribution is 2.22. The van der Waals surface area contributed by atoms with Gasteiger partial charge in [0.15, 0.2) is 5.13 Å². The molecule has 1 rings (SSSR count). The lowest BCUT2D eigenvalue weighted by molar-refractivity contribution is -0.117. The number of aryl methyl sites for hydroxylation is 2. The smallest absolute Gasteiger partial charge is 0.243 e. The van der Waals surface area contributed by atoms with Gasteiger partial charge in [-0.05, 0) is 19.8 Å². The fourth-order valence-electron chi connectivity index (χ4n) is 1.56. The monoisotopic (exact) mass is 255 g/mol. The number of unbranched alkanes of at least 4 members (excludes halogenated alkanes) is 1. The Morgan fingerprint density at radius 1 is 1.53 bits per heavy atom. The lowest BCUT2D eigenvalue weighted by Crippen LogP contribution is -2.35. The van der Waals surface area contributed by atoms with Crippen LogP contribution in [0.1, 0.15) is 43.7 Å². The third kappa shape index (κ3) is 4.09. The van der Waals surface area contributed by atoms with Gasteiger partial charge in [0.2, 0.25) is 5.91 Å². The fourth-order valence-corrected chi connectivity index (χ4v) is 2.47. The summed E-state index contributed by atoms with van der Waals surface area (Å²) in [5, 5.41) is 3.45. The molecule has 1 amide bonds. The molecule has 0 bridgehead atoms. The number of nitrogens with zero attached hydrogens (tertiary/aromatic N) is 1. The molecule has 0 saturated heterocycles. The van der Waals surface area contributed by atoms with Crippen LogP contribution in [-0.2, 0) is 11.2 Å². The average molecular weight is 255 g/mol. The molecule has 1 atom stereocenters. The molecular formula is C12H21N3OS. The Kier molecular flexibility index (Phi) is 5.58. The third-order valence-corrected chi connectivity index (χ3v) is 3.59. The number of nitrogens with two attached hydrogens (primary N) is 1. The molecule has 0 radical (unpaired) electrons. The van der Waals surface area contributed by atoms with Crippen molar-refractivity contribution in [2.45, 2.75) is 52.5 Å². The van der Waals surface area contributed by atoms with E-state index in [0.717, 1.165) is 36.3 Å². The second-order valence-electron chi connectivity index (χ2n) is 4.11. The second kappa shape index (κ2) is 6.71. The van der Waals surface area contributed by atoms with Gasteiger partial charge in [0.25, 0.3) is 0 Å². The number of aromatic nitrogens is 1. The molecule has 0 saturated carbocycles. The standard InChI is InChI=1S/C12H21N3OS/c1-4-6-7-9(13)11(16)15-12-14-10(5-2)8(3)17-12/h9H,4-7,13H2,1-3H3,(H,14,15,16). The number of anilines is 1. The van der Waals surface area contributed by atoms with E-state index in [9.17, 15) is 4.79 Å². The predicted molar refractivity (Wildman–Crippen MR) is 72.4 cm³/mol. The minimum atomic E-state index is -0.427. The van der Waals surface area contributed by atoms with Gasteiger partial charge in [-0.2, -0.15) is 0 Å². The number of carbonyl (C=O) groups excluding carboxylic acids is 1. The van der Waals surface area contributed by atoms with Crippen molar-refractivity contribution in [2.24, 2.45) is 5.73 Å². The van der Waals surface area contributed by atoms with Gasteiger partial charge in [-0.1, -0.05) is 26.7 Å². The van der Waals surface area contributed by atoms with E-state index in [1.807, 2.05) is 6.92 Å². The zero-order valence-electron chi connectivity index (χ0n) is 10.7. The van der Waals surface area contributed by atoms with E-state index >= 15 is 0 Å². The second-order valence-corrected chi connectivity index (χ2v) is 5.32. The van der Waals surface area contributed by atoms with Crippen LogP contribution >= 0.6 is 11.3 Å². The van der Waals surface area contributed by atoms with Gasteiger partial charge in [0.1, 0.15) is 0 Å². The minimum Gasteiger partial charge on any atom is -0.320 e. The highest BCUT2D eigenvalue weighted by atomic mass is 32.1. The van der Waals surface area contributed by atoms with Crippen LogP contribution in [0.3, 0.4) is 0 Å². The topological polar surface area (TPSA) is 68.0 Å². The predicted octanol–water partition coefficient (Wildman–Crippen LogP) is 2.47. The molecule has 1 aromatic rings. The van der Waals surface area contributed by atoms with Gasteiger partial charge in [-0.15, -0.1) is 11.3 Å². The summed E-state index contributed by atoms with van der Waals surface area (Å²) in [7, 11) is 0. The van der Waals surface area contributed by atoms with E-state index in [1.54, 1.807) is 0 Å². The number of rotatable bonds is 6. The molecule has 4 nitrogen and oxygen atoms in total. The SMILES string of the molecule is CCCCC(N)C(=O)Nc1nc(CC)c(C)s1. The molecule has 0 aliphatic heterocycles. The van der Waals surface area contributed by atoms with Crippen molar-refractivity contribution in [3.05, 3.63) is 10.6 Å². The van der Waals surface area contributed by atoms with Crippen LogP contribution in [0.25, 0.3) is 0 Å². The van der Waals surface area contributed by atoms with Crippen molar-refractivity contribution in [1.29, 1.82) is 0 Å². The molecule has 1 unspecified atom stereocenters. The summed E-state index contributed by atoms with van der Waals surface area (Å²) in [4.78, 5) is 17.3. The van der Waals surface area contributed by atoms with Crippen molar-refractivity contribution in [1.82, 2.24) is 4.98 Å². The number of nitrogens with one attached hydrogen (secondary N) is 1. The van der Waals surface area contributed by atoms with Gasteiger partial charge < -0.3 is 11.1 Å². The van der Waals surface area contributed by atoms with Crippen LogP contribution in [0.5, 0.6) is 0 Å². The number of carbonyl (C=O) groups is 1. The van der Waals surface area contributed by atoms with Crippen LogP contribution in [0, 0.1) is 6.92 Å². The summed E-state index contributed by atoms with van der Waals surface area (Å²) in [6.45, 7) is 6.16. The zero-order chi connectivity index (χ0) is 12.8. The molecule has 0 aliphatic carbocycles. The molecule has 17 heavy (non-hydrogen) atoms. The Labute approximate surface area is 107 Å². The first-order valence-electron chi connectivity index (χ1n) is 6.11. The van der Waals surface area contributed by atoms with Crippen molar-refractivity contribution in [2.75, 3.05) is 5.32 Å². The molecule has 3 N–H and O–H groups in total. The first-order valence-corrected chi connectivity index (χ1v) is 6.92. The molecular weight excluding hydrogens is 234 g/mol. The van der Waals surface area contributed by atoms with Crippen LogP contribution in [0.4, 0.5) is 5.13 Å². The highest BCUT2D eigenvalue weighted by molar-refractivity contribution is 7.15. The van der Waals surface area contributed by atoms with E-state index in [2.05, 4.69) is 24.1 Å².